The predicted octanol–water partition coefficient (Wildman–Crippen LogP) is -0.657. The first-order valence-electron chi connectivity index (χ1n) is 5.55. The summed E-state index contributed by atoms with van der Waals surface area (Å²) in [6.07, 6.45) is 1.12. The minimum Gasteiger partial charge on any atom is -0.394 e. The van der Waals surface area contributed by atoms with Gasteiger partial charge in [0.15, 0.2) is 11.5 Å². The molecular weight excluding hydrogens is 274 g/mol. The smallest absolute Gasteiger partial charge is 0.167 e. The Morgan fingerprint density at radius 2 is 2.21 bits per heavy atom. The van der Waals surface area contributed by atoms with Crippen molar-refractivity contribution in [3.8, 4) is 0 Å². The summed E-state index contributed by atoms with van der Waals surface area (Å²) in [5.74, 6) is 0.346. The van der Waals surface area contributed by atoms with Crippen LogP contribution in [0.2, 0.25) is 0 Å². The maximum atomic E-state index is 9.47. The number of nitrogens with two attached hydrogens (primary N) is 1. The molecule has 0 aromatic carbocycles. The molecule has 2 aromatic heterocycles. The van der Waals surface area contributed by atoms with E-state index in [1.54, 1.807) is 4.57 Å². The fourth-order valence-electron chi connectivity index (χ4n) is 1.55. The van der Waals surface area contributed by atoms with Gasteiger partial charge in [0.1, 0.15) is 30.8 Å². The molecule has 19 heavy (non-hydrogen) atoms. The van der Waals surface area contributed by atoms with Gasteiger partial charge in [0.2, 0.25) is 0 Å². The molecular formula is C10H14ClN5O3. The van der Waals surface area contributed by atoms with E-state index in [9.17, 15) is 5.11 Å². The number of aliphatic hydroxyl groups excluding tert-OH is 2. The van der Waals surface area contributed by atoms with Gasteiger partial charge in [0.25, 0.3) is 0 Å². The van der Waals surface area contributed by atoms with Crippen molar-refractivity contribution in [3.63, 3.8) is 0 Å². The molecule has 104 valence electrons. The molecule has 0 aliphatic rings. The van der Waals surface area contributed by atoms with Crippen molar-refractivity contribution < 1.29 is 14.9 Å². The third-order valence-electron chi connectivity index (χ3n) is 2.63. The number of alkyl halides is 1. The van der Waals surface area contributed by atoms with Crippen LogP contribution in [0.4, 0.5) is 5.82 Å². The van der Waals surface area contributed by atoms with Crippen molar-refractivity contribution in [2.45, 2.75) is 18.9 Å². The van der Waals surface area contributed by atoms with Crippen LogP contribution in [0.3, 0.4) is 0 Å². The molecule has 4 N–H and O–H groups in total. The summed E-state index contributed by atoms with van der Waals surface area (Å²) >= 11 is 5.66. The van der Waals surface area contributed by atoms with Crippen LogP contribution in [0, 0.1) is 0 Å². The first-order chi connectivity index (χ1) is 9.17. The zero-order valence-electron chi connectivity index (χ0n) is 9.98. The summed E-state index contributed by atoms with van der Waals surface area (Å²) in [4.78, 5) is 12.0. The van der Waals surface area contributed by atoms with Crippen molar-refractivity contribution in [1.82, 2.24) is 19.5 Å². The Morgan fingerprint density at radius 1 is 1.42 bits per heavy atom. The first kappa shape index (κ1) is 13.9. The van der Waals surface area contributed by atoms with Gasteiger partial charge >= 0.3 is 0 Å². The highest BCUT2D eigenvalue weighted by atomic mass is 35.5. The fraction of sp³-hybridized carbons (Fsp3) is 0.500. The number of hydrogen-bond acceptors (Lipinski definition) is 7. The van der Waals surface area contributed by atoms with Crippen LogP contribution in [-0.2, 0) is 11.5 Å². The van der Waals surface area contributed by atoms with Crippen molar-refractivity contribution in [1.29, 1.82) is 0 Å². The molecule has 2 rings (SSSR count). The fourth-order valence-corrected chi connectivity index (χ4v) is 1.84. The van der Waals surface area contributed by atoms with Gasteiger partial charge in [-0.15, -0.1) is 11.6 Å². The van der Waals surface area contributed by atoms with E-state index < -0.39 is 18.8 Å². The lowest BCUT2D eigenvalue weighted by Gasteiger charge is -2.19. The van der Waals surface area contributed by atoms with Crippen molar-refractivity contribution in [2.75, 3.05) is 18.2 Å². The number of hydrogen-bond donors (Lipinski definition) is 3. The van der Waals surface area contributed by atoms with E-state index in [-0.39, 0.29) is 18.4 Å². The number of aliphatic hydroxyl groups is 2. The highest BCUT2D eigenvalue weighted by Gasteiger charge is 2.18. The topological polar surface area (TPSA) is 119 Å². The Hall–Kier alpha value is -1.48. The van der Waals surface area contributed by atoms with E-state index in [0.29, 0.717) is 11.2 Å². The minimum atomic E-state index is -1.04. The molecule has 0 saturated heterocycles. The van der Waals surface area contributed by atoms with Crippen LogP contribution < -0.4 is 5.73 Å². The molecule has 9 heteroatoms. The number of rotatable bonds is 6. The molecule has 0 aliphatic carbocycles. The molecule has 2 heterocycles. The number of fused-ring (bicyclic) bond motifs is 1. The lowest BCUT2D eigenvalue weighted by Crippen LogP contribution is -2.34. The zero-order valence-corrected chi connectivity index (χ0v) is 10.7. The van der Waals surface area contributed by atoms with Gasteiger partial charge in [-0.25, -0.2) is 15.0 Å². The van der Waals surface area contributed by atoms with Gasteiger partial charge < -0.3 is 20.7 Å². The van der Waals surface area contributed by atoms with Crippen LogP contribution in [0.1, 0.15) is 0 Å². The lowest BCUT2D eigenvalue weighted by atomic mass is 10.2. The van der Waals surface area contributed by atoms with E-state index in [1.807, 2.05) is 0 Å². The largest absolute Gasteiger partial charge is 0.394 e. The zero-order chi connectivity index (χ0) is 13.8. The molecule has 0 fully saturated rings. The summed E-state index contributed by atoms with van der Waals surface area (Å²) in [5, 5.41) is 18.3. The van der Waals surface area contributed by atoms with Crippen molar-refractivity contribution in [2.24, 2.45) is 0 Å². The average Bonchev–Trinajstić information content (AvgIpc) is 2.84. The highest BCUT2D eigenvalue weighted by molar-refractivity contribution is 6.18. The van der Waals surface area contributed by atoms with Crippen LogP contribution in [0.25, 0.3) is 11.2 Å². The monoisotopic (exact) mass is 287 g/mol. The number of ether oxygens (including phenoxy) is 1. The Balaban J connectivity index is 2.11. The highest BCUT2D eigenvalue weighted by Crippen LogP contribution is 2.14. The van der Waals surface area contributed by atoms with E-state index in [2.05, 4.69) is 15.0 Å². The molecule has 8 nitrogen and oxygen atoms in total. The van der Waals surface area contributed by atoms with Gasteiger partial charge in [0.05, 0.1) is 18.8 Å². The molecule has 0 amide bonds. The summed E-state index contributed by atoms with van der Waals surface area (Å²) in [6.45, 7) is -0.335. The molecule has 2 aromatic rings. The number of imidazole rings is 1. The van der Waals surface area contributed by atoms with Crippen LogP contribution >= 0.6 is 11.6 Å². The van der Waals surface area contributed by atoms with Gasteiger partial charge in [-0.1, -0.05) is 0 Å². The average molecular weight is 288 g/mol. The van der Waals surface area contributed by atoms with E-state index >= 15 is 0 Å². The third kappa shape index (κ3) is 2.92. The minimum absolute atomic E-state index is 0.0610. The van der Waals surface area contributed by atoms with Gasteiger partial charge in [0, 0.05) is 0 Å². The van der Waals surface area contributed by atoms with Gasteiger partial charge in [-0.3, -0.25) is 4.57 Å². The number of anilines is 1. The summed E-state index contributed by atoms with van der Waals surface area (Å²) in [6, 6.07) is 0. The van der Waals surface area contributed by atoms with Crippen LogP contribution in [0.15, 0.2) is 12.7 Å². The predicted molar refractivity (Wildman–Crippen MR) is 68.4 cm³/mol. The maximum Gasteiger partial charge on any atom is 0.167 e. The molecule has 2 unspecified atom stereocenters. The molecule has 2 atom stereocenters. The Morgan fingerprint density at radius 3 is 2.89 bits per heavy atom. The second kappa shape index (κ2) is 6.11. The van der Waals surface area contributed by atoms with Crippen molar-refractivity contribution in [3.05, 3.63) is 12.7 Å². The maximum absolute atomic E-state index is 9.47. The molecule has 0 bridgehead atoms. The van der Waals surface area contributed by atoms with Gasteiger partial charge in [-0.05, 0) is 0 Å². The van der Waals surface area contributed by atoms with Crippen molar-refractivity contribution >= 4 is 28.6 Å². The summed E-state index contributed by atoms with van der Waals surface area (Å²) in [5.41, 5.74) is 6.67. The number of aromatic nitrogens is 4. The number of nitrogens with zero attached hydrogens (tertiary/aromatic N) is 4. The van der Waals surface area contributed by atoms with E-state index in [0.717, 1.165) is 0 Å². The Labute approximate surface area is 113 Å². The second-order valence-corrected chi connectivity index (χ2v) is 4.19. The lowest BCUT2D eigenvalue weighted by molar-refractivity contribution is -0.0689. The molecule has 0 aliphatic heterocycles. The third-order valence-corrected chi connectivity index (χ3v) is 2.93. The quantitative estimate of drug-likeness (QED) is 0.604. The van der Waals surface area contributed by atoms with E-state index in [1.165, 1.54) is 12.7 Å². The van der Waals surface area contributed by atoms with Crippen LogP contribution in [-0.4, -0.2) is 54.4 Å². The van der Waals surface area contributed by atoms with Crippen LogP contribution in [0.5, 0.6) is 0 Å². The van der Waals surface area contributed by atoms with E-state index in [4.69, 9.17) is 27.2 Å². The molecule has 0 radical (unpaired) electrons. The Bertz CT molecular complexity index is 549. The summed E-state index contributed by atoms with van der Waals surface area (Å²) in [7, 11) is 0. The molecule has 0 saturated carbocycles. The molecule has 0 spiro atoms. The normalized spacial score (nSPS) is 14.7. The standard InChI is InChI=1S/C10H14ClN5O3/c11-1-7(6(18)2-17)19-5-16-4-15-8-9(12)13-3-14-10(8)16/h3-4,6-7,17-18H,1-2,5H2,(H2,12,13,14). The Kier molecular flexibility index (Phi) is 4.48. The first-order valence-corrected chi connectivity index (χ1v) is 6.08. The number of halogens is 1. The SMILES string of the molecule is Nc1ncnc2c1ncn2COC(CCl)C(O)CO. The summed E-state index contributed by atoms with van der Waals surface area (Å²) < 4.78 is 7.02. The van der Waals surface area contributed by atoms with Gasteiger partial charge in [-0.2, -0.15) is 0 Å². The second-order valence-electron chi connectivity index (χ2n) is 3.88. The number of nitrogen functional groups attached to an aromatic ring is 1.